The van der Waals surface area contributed by atoms with Crippen molar-refractivity contribution >= 4 is 17.9 Å². The Kier molecular flexibility index (Phi) is 66.1. The zero-order valence-corrected chi connectivity index (χ0v) is 53.6. The van der Waals surface area contributed by atoms with E-state index in [0.717, 1.165) is 89.9 Å². The maximum Gasteiger partial charge on any atom is 0.306 e. The van der Waals surface area contributed by atoms with Crippen LogP contribution in [0.15, 0.2) is 60.8 Å². The molecular formula is C74H134O6. The molecule has 80 heavy (non-hydrogen) atoms. The Hall–Kier alpha value is -2.89. The highest BCUT2D eigenvalue weighted by molar-refractivity contribution is 5.71. The second-order valence-electron chi connectivity index (χ2n) is 23.8. The fourth-order valence-electron chi connectivity index (χ4n) is 10.5. The Labute approximate surface area is 498 Å². The molecule has 6 nitrogen and oxygen atoms in total. The van der Waals surface area contributed by atoms with Crippen LogP contribution in [0.4, 0.5) is 0 Å². The van der Waals surface area contributed by atoms with E-state index < -0.39 is 6.10 Å². The van der Waals surface area contributed by atoms with Crippen LogP contribution in [0.2, 0.25) is 0 Å². The molecule has 0 aromatic heterocycles. The monoisotopic (exact) mass is 1120 g/mol. The number of ether oxygens (including phenoxy) is 3. The van der Waals surface area contributed by atoms with E-state index in [2.05, 4.69) is 81.5 Å². The second-order valence-corrected chi connectivity index (χ2v) is 23.8. The molecule has 0 aliphatic carbocycles. The highest BCUT2D eigenvalue weighted by Crippen LogP contribution is 2.18. The number of rotatable bonds is 65. The van der Waals surface area contributed by atoms with Gasteiger partial charge in [-0.2, -0.15) is 0 Å². The first-order valence-electron chi connectivity index (χ1n) is 35.3. The van der Waals surface area contributed by atoms with Gasteiger partial charge in [0.25, 0.3) is 0 Å². The highest BCUT2D eigenvalue weighted by Gasteiger charge is 2.19. The van der Waals surface area contributed by atoms with Crippen molar-refractivity contribution in [1.82, 2.24) is 0 Å². The number of allylic oxidation sites excluding steroid dienone is 10. The Morgan fingerprint density at radius 3 is 0.762 bits per heavy atom. The van der Waals surface area contributed by atoms with Gasteiger partial charge in [0.2, 0.25) is 0 Å². The van der Waals surface area contributed by atoms with Gasteiger partial charge in [-0.1, -0.05) is 351 Å². The van der Waals surface area contributed by atoms with Crippen molar-refractivity contribution in [3.8, 4) is 0 Å². The summed E-state index contributed by atoms with van der Waals surface area (Å²) in [6.07, 6.45) is 88.4. The predicted molar refractivity (Wildman–Crippen MR) is 348 cm³/mol. The van der Waals surface area contributed by atoms with Gasteiger partial charge in [-0.25, -0.2) is 0 Å². The summed E-state index contributed by atoms with van der Waals surface area (Å²) < 4.78 is 16.9. The largest absolute Gasteiger partial charge is 0.462 e. The molecular weight excluding hydrogens is 985 g/mol. The summed E-state index contributed by atoms with van der Waals surface area (Å²) in [6.45, 7) is 6.57. The fourth-order valence-corrected chi connectivity index (χ4v) is 10.5. The maximum absolute atomic E-state index is 12.9. The molecule has 0 aromatic carbocycles. The SMILES string of the molecule is CC/C=C\C/C=C\C/C=C\C/C=C\C/C=C\CCCCCCCCCCCCCCCCCCCC(=O)OCC(COC(=O)CCCCCCCCCCC)OC(=O)CCCCCCCCCCCCCCCCCCCCCC. The van der Waals surface area contributed by atoms with Crippen molar-refractivity contribution in [2.24, 2.45) is 0 Å². The Morgan fingerprint density at radius 2 is 0.487 bits per heavy atom. The zero-order valence-electron chi connectivity index (χ0n) is 53.6. The van der Waals surface area contributed by atoms with Crippen LogP contribution in [0, 0.1) is 0 Å². The summed E-state index contributed by atoms with van der Waals surface area (Å²) in [6, 6.07) is 0. The third-order valence-corrected chi connectivity index (χ3v) is 15.8. The smallest absolute Gasteiger partial charge is 0.306 e. The predicted octanol–water partition coefficient (Wildman–Crippen LogP) is 24.3. The van der Waals surface area contributed by atoms with E-state index in [9.17, 15) is 14.4 Å². The number of hydrogen-bond acceptors (Lipinski definition) is 6. The molecule has 0 aliphatic heterocycles. The lowest BCUT2D eigenvalue weighted by Gasteiger charge is -2.18. The number of hydrogen-bond donors (Lipinski definition) is 0. The van der Waals surface area contributed by atoms with E-state index in [1.165, 1.54) is 244 Å². The number of carbonyl (C=O) groups excluding carboxylic acids is 3. The van der Waals surface area contributed by atoms with Crippen molar-refractivity contribution in [1.29, 1.82) is 0 Å². The summed E-state index contributed by atoms with van der Waals surface area (Å²) in [5.74, 6) is -0.843. The van der Waals surface area contributed by atoms with Crippen LogP contribution in [0.25, 0.3) is 0 Å². The summed E-state index contributed by atoms with van der Waals surface area (Å²) in [5, 5.41) is 0. The van der Waals surface area contributed by atoms with Crippen LogP contribution >= 0.6 is 0 Å². The highest BCUT2D eigenvalue weighted by atomic mass is 16.6. The average molecular weight is 1120 g/mol. The molecule has 0 N–H and O–H groups in total. The minimum Gasteiger partial charge on any atom is -0.462 e. The topological polar surface area (TPSA) is 78.9 Å². The van der Waals surface area contributed by atoms with E-state index in [4.69, 9.17) is 14.2 Å². The quantitative estimate of drug-likeness (QED) is 0.0261. The second kappa shape index (κ2) is 68.6. The lowest BCUT2D eigenvalue weighted by atomic mass is 10.0. The Balaban J connectivity index is 4.06. The number of esters is 3. The molecule has 0 bridgehead atoms. The van der Waals surface area contributed by atoms with Crippen LogP contribution in [-0.2, 0) is 28.6 Å². The van der Waals surface area contributed by atoms with Gasteiger partial charge in [0.05, 0.1) is 0 Å². The van der Waals surface area contributed by atoms with Crippen LogP contribution in [0.5, 0.6) is 0 Å². The molecule has 0 aromatic rings. The van der Waals surface area contributed by atoms with Gasteiger partial charge in [-0.15, -0.1) is 0 Å². The van der Waals surface area contributed by atoms with E-state index in [-0.39, 0.29) is 31.1 Å². The van der Waals surface area contributed by atoms with Gasteiger partial charge in [0.1, 0.15) is 13.2 Å². The first-order valence-corrected chi connectivity index (χ1v) is 35.3. The first-order chi connectivity index (χ1) is 39.5. The van der Waals surface area contributed by atoms with Crippen LogP contribution in [-0.4, -0.2) is 37.2 Å². The fraction of sp³-hybridized carbons (Fsp3) is 0.824. The Bertz CT molecular complexity index is 1430. The van der Waals surface area contributed by atoms with Gasteiger partial charge in [-0.3, -0.25) is 14.4 Å². The van der Waals surface area contributed by atoms with Crippen LogP contribution < -0.4 is 0 Å². The van der Waals surface area contributed by atoms with E-state index in [1.807, 2.05) is 0 Å². The minimum atomic E-state index is -0.768. The summed E-state index contributed by atoms with van der Waals surface area (Å²) >= 11 is 0. The summed E-state index contributed by atoms with van der Waals surface area (Å²) in [7, 11) is 0. The van der Waals surface area contributed by atoms with Crippen molar-refractivity contribution in [2.45, 2.75) is 380 Å². The third-order valence-electron chi connectivity index (χ3n) is 15.8. The lowest BCUT2D eigenvalue weighted by Crippen LogP contribution is -2.30. The van der Waals surface area contributed by atoms with E-state index >= 15 is 0 Å². The van der Waals surface area contributed by atoms with Gasteiger partial charge in [0.15, 0.2) is 6.10 Å². The summed E-state index contributed by atoms with van der Waals surface area (Å²) in [4.78, 5) is 38.3. The third kappa shape index (κ3) is 65.9. The van der Waals surface area contributed by atoms with Crippen molar-refractivity contribution < 1.29 is 28.6 Å². The molecule has 0 saturated carbocycles. The zero-order chi connectivity index (χ0) is 57.8. The lowest BCUT2D eigenvalue weighted by molar-refractivity contribution is -0.167. The van der Waals surface area contributed by atoms with Crippen molar-refractivity contribution in [3.05, 3.63) is 60.8 Å². The van der Waals surface area contributed by atoms with Crippen LogP contribution in [0.1, 0.15) is 374 Å². The number of unbranched alkanes of at least 4 members (excludes halogenated alkanes) is 44. The molecule has 0 saturated heterocycles. The van der Waals surface area contributed by atoms with Crippen LogP contribution in [0.3, 0.4) is 0 Å². The van der Waals surface area contributed by atoms with Crippen molar-refractivity contribution in [3.63, 3.8) is 0 Å². The standard InChI is InChI=1S/C74H134O6/c1-4-7-10-13-16-19-21-23-25-27-29-31-32-33-34-35-36-37-38-39-40-41-42-43-45-46-48-50-52-55-58-61-64-67-73(76)79-70-71(69-78-72(75)66-63-60-57-54-18-15-12-9-6-3)80-74(77)68-65-62-59-56-53-51-49-47-44-30-28-26-24-22-20-17-14-11-8-5-2/h7,10,16,19,23,25,29,31,33-34,71H,4-6,8-9,11-15,17-18,20-22,24,26-28,30,32,35-70H2,1-3H3/b10-7-,19-16-,25-23-,31-29-,34-33-. The van der Waals surface area contributed by atoms with E-state index in [0.29, 0.717) is 19.3 Å². The molecule has 1 atom stereocenters. The molecule has 6 heteroatoms. The molecule has 0 amide bonds. The Morgan fingerprint density at radius 1 is 0.263 bits per heavy atom. The number of carbonyl (C=O) groups is 3. The maximum atomic E-state index is 12.9. The molecule has 0 spiro atoms. The molecule has 0 fully saturated rings. The van der Waals surface area contributed by atoms with E-state index in [1.54, 1.807) is 0 Å². The average Bonchev–Trinajstić information content (AvgIpc) is 3.46. The molecule has 0 rings (SSSR count). The summed E-state index contributed by atoms with van der Waals surface area (Å²) in [5.41, 5.74) is 0. The van der Waals surface area contributed by atoms with Crippen molar-refractivity contribution in [2.75, 3.05) is 13.2 Å². The van der Waals surface area contributed by atoms with Gasteiger partial charge in [-0.05, 0) is 64.2 Å². The normalized spacial score (nSPS) is 12.4. The molecule has 0 heterocycles. The first kappa shape index (κ1) is 77.1. The van der Waals surface area contributed by atoms with Gasteiger partial charge >= 0.3 is 17.9 Å². The molecule has 0 aliphatic rings. The van der Waals surface area contributed by atoms with Gasteiger partial charge in [0, 0.05) is 19.3 Å². The minimum absolute atomic E-state index is 0.0666. The molecule has 0 radical (unpaired) electrons. The molecule has 466 valence electrons. The van der Waals surface area contributed by atoms with Gasteiger partial charge < -0.3 is 14.2 Å². The molecule has 1 unspecified atom stereocenters.